The van der Waals surface area contributed by atoms with Crippen LogP contribution in [0.15, 0.2) is 36.7 Å². The van der Waals surface area contributed by atoms with Gasteiger partial charge >= 0.3 is 0 Å². The van der Waals surface area contributed by atoms with E-state index >= 15 is 0 Å². The van der Waals surface area contributed by atoms with Crippen LogP contribution in [-0.4, -0.2) is 54.7 Å². The number of fused-ring (bicyclic) bond motifs is 4. The quantitative estimate of drug-likeness (QED) is 0.349. The number of amides is 2. The summed E-state index contributed by atoms with van der Waals surface area (Å²) in [4.78, 5) is 29.5. The Labute approximate surface area is 227 Å². The Morgan fingerprint density at radius 3 is 2.51 bits per heavy atom. The van der Waals surface area contributed by atoms with Crippen LogP contribution in [0.3, 0.4) is 0 Å². The van der Waals surface area contributed by atoms with Crippen molar-refractivity contribution in [3.05, 3.63) is 47.8 Å². The highest BCUT2D eigenvalue weighted by molar-refractivity contribution is 6.00. The van der Waals surface area contributed by atoms with E-state index in [1.807, 2.05) is 32.0 Å². The first kappa shape index (κ1) is 26.6. The van der Waals surface area contributed by atoms with Gasteiger partial charge in [0.05, 0.1) is 45.5 Å². The van der Waals surface area contributed by atoms with Crippen molar-refractivity contribution >= 4 is 23.0 Å². The molecule has 0 aliphatic heterocycles. The molecular weight excluding hydrogens is 494 g/mol. The van der Waals surface area contributed by atoms with E-state index in [-0.39, 0.29) is 17.4 Å². The van der Waals surface area contributed by atoms with E-state index in [0.717, 1.165) is 49.7 Å². The number of nitriles is 1. The van der Waals surface area contributed by atoms with Crippen molar-refractivity contribution in [2.45, 2.75) is 82.4 Å². The molecule has 0 atom stereocenters. The van der Waals surface area contributed by atoms with Crippen molar-refractivity contribution in [3.63, 3.8) is 0 Å². The van der Waals surface area contributed by atoms with E-state index in [0.29, 0.717) is 35.5 Å². The minimum atomic E-state index is -0.563. The molecule has 39 heavy (non-hydrogen) atoms. The second-order valence-electron chi connectivity index (χ2n) is 11.7. The number of carbonyl (C=O) groups excluding carboxylic acids is 2. The van der Waals surface area contributed by atoms with E-state index in [9.17, 15) is 20.0 Å². The van der Waals surface area contributed by atoms with Gasteiger partial charge in [-0.3, -0.25) is 14.6 Å². The first-order chi connectivity index (χ1) is 18.5. The lowest BCUT2D eigenvalue weighted by Gasteiger charge is -2.51. The summed E-state index contributed by atoms with van der Waals surface area (Å²) >= 11 is 0. The Morgan fingerprint density at radius 2 is 1.85 bits per heavy atom. The molecule has 2 amide bonds. The summed E-state index contributed by atoms with van der Waals surface area (Å²) in [6, 6.07) is 9.56. The predicted octanol–water partition coefficient (Wildman–Crippen LogP) is 3.55. The number of aromatic nitrogens is 3. The number of nitrogens with one attached hydrogen (secondary N) is 3. The highest BCUT2D eigenvalue weighted by Gasteiger charge is 2.48. The Kier molecular flexibility index (Phi) is 6.81. The van der Waals surface area contributed by atoms with E-state index < -0.39 is 11.1 Å². The van der Waals surface area contributed by atoms with Crippen molar-refractivity contribution in [1.29, 1.82) is 5.26 Å². The van der Waals surface area contributed by atoms with Crippen LogP contribution in [0.2, 0.25) is 0 Å². The molecule has 0 saturated heterocycles. The van der Waals surface area contributed by atoms with Crippen molar-refractivity contribution in [3.8, 4) is 17.5 Å². The van der Waals surface area contributed by atoms with Crippen molar-refractivity contribution in [2.75, 3.05) is 11.9 Å². The first-order valence-electron chi connectivity index (χ1n) is 13.5. The maximum absolute atomic E-state index is 13.4. The summed E-state index contributed by atoms with van der Waals surface area (Å²) in [5.74, 6) is -0.355. The molecule has 3 fully saturated rings. The van der Waals surface area contributed by atoms with Gasteiger partial charge in [-0.05, 0) is 83.1 Å². The Bertz CT molecular complexity index is 1440. The number of nitrogens with zero attached hydrogens (tertiary/aromatic N) is 4. The average molecular weight is 530 g/mol. The smallest absolute Gasteiger partial charge is 0.254 e. The normalized spacial score (nSPS) is 22.3. The van der Waals surface area contributed by atoms with E-state index in [1.54, 1.807) is 16.8 Å². The van der Waals surface area contributed by atoms with Crippen LogP contribution >= 0.6 is 0 Å². The third-order valence-electron chi connectivity index (χ3n) is 8.20. The monoisotopic (exact) mass is 529 g/mol. The first-order valence-corrected chi connectivity index (χ1v) is 13.5. The van der Waals surface area contributed by atoms with Gasteiger partial charge in [0.15, 0.2) is 0 Å². The summed E-state index contributed by atoms with van der Waals surface area (Å²) in [7, 11) is 0. The summed E-state index contributed by atoms with van der Waals surface area (Å²) in [6.45, 7) is 5.71. The van der Waals surface area contributed by atoms with Crippen LogP contribution in [0, 0.1) is 11.3 Å². The summed E-state index contributed by atoms with van der Waals surface area (Å²) in [6.07, 6.45) is 8.41. The third kappa shape index (κ3) is 5.59. The van der Waals surface area contributed by atoms with Crippen LogP contribution in [0.5, 0.6) is 0 Å². The molecule has 3 aliphatic carbocycles. The maximum atomic E-state index is 13.4. The summed E-state index contributed by atoms with van der Waals surface area (Å²) in [5, 5.41) is 33.9. The average Bonchev–Trinajstić information content (AvgIpc) is 3.32. The Balaban J connectivity index is 1.44. The lowest BCUT2D eigenvalue weighted by molar-refractivity contribution is -0.120. The molecule has 0 spiro atoms. The van der Waals surface area contributed by atoms with Gasteiger partial charge in [-0.25, -0.2) is 4.52 Å². The number of anilines is 1. The zero-order chi connectivity index (χ0) is 27.8. The minimum absolute atomic E-state index is 0.111. The molecule has 0 radical (unpaired) electrons. The Hall–Kier alpha value is -3.97. The van der Waals surface area contributed by atoms with Crippen LogP contribution in [0.4, 0.5) is 5.69 Å². The molecule has 3 aliphatic rings. The molecule has 0 unspecified atom stereocenters. The lowest BCUT2D eigenvalue weighted by Crippen LogP contribution is -2.54. The molecule has 3 aromatic rings. The topological polar surface area (TPSA) is 144 Å². The molecule has 204 valence electrons. The van der Waals surface area contributed by atoms with Gasteiger partial charge in [0.25, 0.3) is 5.91 Å². The predicted molar refractivity (Wildman–Crippen MR) is 147 cm³/mol. The maximum Gasteiger partial charge on any atom is 0.254 e. The van der Waals surface area contributed by atoms with Crippen LogP contribution in [0.1, 0.15) is 81.6 Å². The van der Waals surface area contributed by atoms with Crippen LogP contribution in [0.25, 0.3) is 16.9 Å². The molecule has 3 heterocycles. The van der Waals surface area contributed by atoms with Gasteiger partial charge in [-0.15, -0.1) is 0 Å². The molecule has 3 saturated carbocycles. The highest BCUT2D eigenvalue weighted by atomic mass is 16.3. The molecule has 3 aromatic heterocycles. The molecule has 0 aromatic carbocycles. The SMILES string of the molecule is CC(=O)NC(C)(C)CCNC(=O)c1cnc(-c2ccc3cc(C#N)cnn23)cc1NC12CCC(O)(CC1)CC2. The van der Waals surface area contributed by atoms with E-state index in [1.165, 1.54) is 13.1 Å². The molecule has 2 bridgehead atoms. The number of rotatable bonds is 8. The van der Waals surface area contributed by atoms with Crippen molar-refractivity contribution in [2.24, 2.45) is 0 Å². The van der Waals surface area contributed by atoms with E-state index in [2.05, 4.69) is 32.1 Å². The molecule has 10 nitrogen and oxygen atoms in total. The highest BCUT2D eigenvalue weighted by Crippen LogP contribution is 2.48. The van der Waals surface area contributed by atoms with Gasteiger partial charge < -0.3 is 21.1 Å². The number of hydrogen-bond donors (Lipinski definition) is 4. The van der Waals surface area contributed by atoms with E-state index in [4.69, 9.17) is 0 Å². The van der Waals surface area contributed by atoms with Crippen LogP contribution < -0.4 is 16.0 Å². The molecule has 6 rings (SSSR count). The van der Waals surface area contributed by atoms with Gasteiger partial charge in [-0.2, -0.15) is 10.4 Å². The standard InChI is InChI=1S/C29H35N7O3/c1-19(37)34-27(2,3)12-13-31-26(38)22-18-32-24(25-5-4-21-14-20(16-30)17-33-36(21)25)15-23(22)35-28-6-9-29(39,10-7-28)11-8-28/h4-5,14-15,17-18,39H,6-13H2,1-3H3,(H,31,38)(H,32,35)(H,34,37). The minimum Gasteiger partial charge on any atom is -0.390 e. The lowest BCUT2D eigenvalue weighted by atomic mass is 9.63. The van der Waals surface area contributed by atoms with Gasteiger partial charge in [0.2, 0.25) is 5.91 Å². The number of aliphatic hydroxyl groups is 1. The number of carbonyl (C=O) groups is 2. The third-order valence-corrected chi connectivity index (χ3v) is 8.20. The summed E-state index contributed by atoms with van der Waals surface area (Å²) < 4.78 is 1.73. The molecule has 10 heteroatoms. The second kappa shape index (κ2) is 9.97. The fraction of sp³-hybridized carbons (Fsp3) is 0.483. The zero-order valence-electron chi connectivity index (χ0n) is 22.7. The van der Waals surface area contributed by atoms with Crippen molar-refractivity contribution < 1.29 is 14.7 Å². The zero-order valence-corrected chi connectivity index (χ0v) is 22.7. The van der Waals surface area contributed by atoms with Gasteiger partial charge in [0, 0.05) is 30.7 Å². The fourth-order valence-corrected chi connectivity index (χ4v) is 5.90. The Morgan fingerprint density at radius 1 is 1.13 bits per heavy atom. The summed E-state index contributed by atoms with van der Waals surface area (Å²) in [5.41, 5.74) is 2.59. The number of pyridine rings is 1. The number of hydrogen-bond acceptors (Lipinski definition) is 7. The van der Waals surface area contributed by atoms with Crippen LogP contribution in [-0.2, 0) is 4.79 Å². The second-order valence-corrected chi connectivity index (χ2v) is 11.7. The fourth-order valence-electron chi connectivity index (χ4n) is 5.90. The van der Waals surface area contributed by atoms with Gasteiger partial charge in [0.1, 0.15) is 6.07 Å². The van der Waals surface area contributed by atoms with Gasteiger partial charge in [-0.1, -0.05) is 0 Å². The van der Waals surface area contributed by atoms with Crippen molar-refractivity contribution in [1.82, 2.24) is 25.2 Å². The molecular formula is C29H35N7O3. The largest absolute Gasteiger partial charge is 0.390 e. The molecule has 4 N–H and O–H groups in total.